The molecule has 0 N–H and O–H groups in total. The Balaban J connectivity index is 1.11. The van der Waals surface area contributed by atoms with Crippen molar-refractivity contribution in [3.8, 4) is 51.0 Å². The molecule has 0 aliphatic heterocycles. The van der Waals surface area contributed by atoms with Gasteiger partial charge >= 0.3 is 0 Å². The minimum atomic E-state index is 0.523. The lowest BCUT2D eigenvalue weighted by Gasteiger charge is -2.10. The zero-order chi connectivity index (χ0) is 37.5. The second-order valence-electron chi connectivity index (χ2n) is 14.4. The molecule has 0 aliphatic carbocycles. The molecule has 0 saturated carbocycles. The van der Waals surface area contributed by atoms with Crippen LogP contribution in [0, 0.1) is 0 Å². The Bertz CT molecular complexity index is 3530. The third-order valence-electron chi connectivity index (χ3n) is 11.1. The highest BCUT2D eigenvalue weighted by molar-refractivity contribution is 6.25. The molecule has 12 aromatic rings. The van der Waals surface area contributed by atoms with Gasteiger partial charge in [0, 0.05) is 43.7 Å². The molecular weight excluding hydrogens is 701 g/mol. The summed E-state index contributed by atoms with van der Waals surface area (Å²) in [4.78, 5) is 15.5. The van der Waals surface area contributed by atoms with Crippen LogP contribution in [0.4, 0.5) is 0 Å². The van der Waals surface area contributed by atoms with E-state index in [0.29, 0.717) is 17.5 Å². The monoisotopic (exact) mass is 730 g/mol. The van der Waals surface area contributed by atoms with Crippen molar-refractivity contribution >= 4 is 65.7 Å². The Labute approximate surface area is 325 Å². The Kier molecular flexibility index (Phi) is 6.83. The van der Waals surface area contributed by atoms with Crippen LogP contribution >= 0.6 is 0 Å². The van der Waals surface area contributed by atoms with E-state index in [2.05, 4.69) is 150 Å². The number of para-hydroxylation sites is 4. The predicted octanol–water partition coefficient (Wildman–Crippen LogP) is 13.4. The molecule has 0 bridgehead atoms. The highest BCUT2D eigenvalue weighted by Crippen LogP contribution is 2.43. The zero-order valence-electron chi connectivity index (χ0n) is 30.4. The van der Waals surface area contributed by atoms with Gasteiger partial charge in [0.2, 0.25) is 0 Å². The Morgan fingerprint density at radius 1 is 0.368 bits per heavy atom. The van der Waals surface area contributed by atoms with Gasteiger partial charge in [0.15, 0.2) is 17.5 Å². The highest BCUT2D eigenvalue weighted by atomic mass is 16.3. The standard InChI is InChI=1S/C51H30N4O2/c1-3-13-31(14-4-1)32-15-11-16-33(29-32)49-52-50(34-25-26-38-37-20-8-10-24-43(37)56-45(38)30-34)54-51(53-49)41-22-12-21-40-46-44(57-48(40)41)28-27-39-36-19-7-9-23-42(36)55(47(39)46)35-17-5-2-6-18-35/h1-30H. The first-order valence-corrected chi connectivity index (χ1v) is 19.0. The highest BCUT2D eigenvalue weighted by Gasteiger charge is 2.22. The molecular formula is C51H30N4O2. The first kappa shape index (κ1) is 31.5. The van der Waals surface area contributed by atoms with E-state index < -0.39 is 0 Å². The van der Waals surface area contributed by atoms with Crippen molar-refractivity contribution in [1.29, 1.82) is 0 Å². The summed E-state index contributed by atoms with van der Waals surface area (Å²) in [6.07, 6.45) is 0. The molecule has 0 unspecified atom stereocenters. The van der Waals surface area contributed by atoms with E-state index in [1.807, 2.05) is 36.4 Å². The van der Waals surface area contributed by atoms with Gasteiger partial charge in [0.05, 0.1) is 22.0 Å². The fourth-order valence-corrected chi connectivity index (χ4v) is 8.45. The third-order valence-corrected chi connectivity index (χ3v) is 11.1. The van der Waals surface area contributed by atoms with Gasteiger partial charge in [-0.05, 0) is 71.8 Å². The lowest BCUT2D eigenvalue weighted by Crippen LogP contribution is -2.00. The summed E-state index contributed by atoms with van der Waals surface area (Å²) < 4.78 is 15.5. The third kappa shape index (κ3) is 4.94. The van der Waals surface area contributed by atoms with E-state index in [1.165, 1.54) is 10.8 Å². The number of nitrogens with zero attached hydrogens (tertiary/aromatic N) is 4. The van der Waals surface area contributed by atoms with Crippen molar-refractivity contribution < 1.29 is 8.83 Å². The number of fused-ring (bicyclic) bond motifs is 10. The van der Waals surface area contributed by atoms with Crippen LogP contribution in [0.3, 0.4) is 0 Å². The predicted molar refractivity (Wildman–Crippen MR) is 230 cm³/mol. The zero-order valence-corrected chi connectivity index (χ0v) is 30.4. The molecule has 266 valence electrons. The molecule has 0 aliphatic rings. The van der Waals surface area contributed by atoms with Crippen molar-refractivity contribution in [2.75, 3.05) is 0 Å². The number of benzene rings is 8. The molecule has 0 saturated heterocycles. The molecule has 0 atom stereocenters. The second kappa shape index (κ2) is 12.3. The summed E-state index contributed by atoms with van der Waals surface area (Å²) in [5.74, 6) is 1.63. The van der Waals surface area contributed by atoms with Gasteiger partial charge in [-0.25, -0.2) is 15.0 Å². The summed E-state index contributed by atoms with van der Waals surface area (Å²) in [7, 11) is 0. The van der Waals surface area contributed by atoms with Crippen LogP contribution in [0.5, 0.6) is 0 Å². The molecule has 8 aromatic carbocycles. The van der Waals surface area contributed by atoms with Gasteiger partial charge < -0.3 is 13.4 Å². The van der Waals surface area contributed by atoms with Gasteiger partial charge in [0.1, 0.15) is 22.3 Å². The van der Waals surface area contributed by atoms with Crippen molar-refractivity contribution in [2.45, 2.75) is 0 Å². The van der Waals surface area contributed by atoms with Gasteiger partial charge in [-0.15, -0.1) is 0 Å². The maximum Gasteiger partial charge on any atom is 0.167 e. The van der Waals surface area contributed by atoms with E-state index in [4.69, 9.17) is 23.8 Å². The Morgan fingerprint density at radius 2 is 1.00 bits per heavy atom. The van der Waals surface area contributed by atoms with E-state index in [1.54, 1.807) is 0 Å². The average Bonchev–Trinajstić information content (AvgIpc) is 3.96. The van der Waals surface area contributed by atoms with Crippen LogP contribution in [0.2, 0.25) is 0 Å². The molecule has 0 amide bonds. The maximum atomic E-state index is 6.86. The number of aromatic nitrogens is 4. The smallest absolute Gasteiger partial charge is 0.167 e. The summed E-state index contributed by atoms with van der Waals surface area (Å²) >= 11 is 0. The largest absolute Gasteiger partial charge is 0.456 e. The fourth-order valence-electron chi connectivity index (χ4n) is 8.45. The molecule has 12 rings (SSSR count). The minimum absolute atomic E-state index is 0.523. The second-order valence-corrected chi connectivity index (χ2v) is 14.4. The quantitative estimate of drug-likeness (QED) is 0.176. The summed E-state index contributed by atoms with van der Waals surface area (Å²) in [6, 6.07) is 62.6. The SMILES string of the molecule is c1ccc(-c2cccc(-c3nc(-c4ccc5c(c4)oc4ccccc45)nc(-c4cccc5c4oc4ccc6c7ccccc7n(-c7ccccc7)c6c45)n3)c2)cc1. The van der Waals surface area contributed by atoms with Crippen LogP contribution in [0.25, 0.3) is 117 Å². The first-order valence-electron chi connectivity index (χ1n) is 19.0. The molecule has 0 fully saturated rings. The van der Waals surface area contributed by atoms with E-state index in [9.17, 15) is 0 Å². The molecule has 6 nitrogen and oxygen atoms in total. The van der Waals surface area contributed by atoms with Crippen molar-refractivity contribution in [2.24, 2.45) is 0 Å². The molecule has 6 heteroatoms. The van der Waals surface area contributed by atoms with Gasteiger partial charge in [0.25, 0.3) is 0 Å². The van der Waals surface area contributed by atoms with Crippen LogP contribution in [0.1, 0.15) is 0 Å². The van der Waals surface area contributed by atoms with Crippen molar-refractivity contribution in [3.05, 3.63) is 182 Å². The van der Waals surface area contributed by atoms with Crippen LogP contribution < -0.4 is 0 Å². The van der Waals surface area contributed by atoms with Crippen molar-refractivity contribution in [1.82, 2.24) is 19.5 Å². The van der Waals surface area contributed by atoms with Gasteiger partial charge in [-0.1, -0.05) is 121 Å². The van der Waals surface area contributed by atoms with Crippen LogP contribution in [-0.2, 0) is 0 Å². The molecule has 0 radical (unpaired) electrons. The lowest BCUT2D eigenvalue weighted by atomic mass is 10.0. The molecule has 57 heavy (non-hydrogen) atoms. The van der Waals surface area contributed by atoms with Gasteiger partial charge in [-0.3, -0.25) is 0 Å². The summed E-state index contributed by atoms with van der Waals surface area (Å²) in [5.41, 5.74) is 11.2. The number of hydrogen-bond donors (Lipinski definition) is 0. The van der Waals surface area contributed by atoms with E-state index in [-0.39, 0.29) is 0 Å². The van der Waals surface area contributed by atoms with Crippen LogP contribution in [0.15, 0.2) is 191 Å². The number of rotatable bonds is 5. The average molecular weight is 731 g/mol. The Morgan fingerprint density at radius 3 is 1.86 bits per heavy atom. The summed E-state index contributed by atoms with van der Waals surface area (Å²) in [5, 5.41) is 6.52. The first-order chi connectivity index (χ1) is 28.2. The van der Waals surface area contributed by atoms with Gasteiger partial charge in [-0.2, -0.15) is 0 Å². The Hall–Kier alpha value is -7.83. The normalized spacial score (nSPS) is 11.9. The molecule has 4 aromatic heterocycles. The molecule has 0 spiro atoms. The van der Waals surface area contributed by atoms with E-state index >= 15 is 0 Å². The number of furan rings is 2. The van der Waals surface area contributed by atoms with E-state index in [0.717, 1.165) is 88.4 Å². The fraction of sp³-hybridized carbons (Fsp3) is 0. The topological polar surface area (TPSA) is 69.9 Å². The number of hydrogen-bond acceptors (Lipinski definition) is 5. The molecule has 4 heterocycles. The minimum Gasteiger partial charge on any atom is -0.456 e. The lowest BCUT2D eigenvalue weighted by molar-refractivity contribution is 0.668. The van der Waals surface area contributed by atoms with Crippen molar-refractivity contribution in [3.63, 3.8) is 0 Å². The van der Waals surface area contributed by atoms with Crippen LogP contribution in [-0.4, -0.2) is 19.5 Å². The maximum absolute atomic E-state index is 6.86. The summed E-state index contributed by atoms with van der Waals surface area (Å²) in [6.45, 7) is 0.